The van der Waals surface area contributed by atoms with Gasteiger partial charge in [0, 0.05) is 17.9 Å². The number of Topliss-reactive ketones (excluding diaryl/α,β-unsaturated/α-hetero) is 1. The summed E-state index contributed by atoms with van der Waals surface area (Å²) < 4.78 is 0. The Labute approximate surface area is 120 Å². The molecule has 2 rings (SSSR count). The summed E-state index contributed by atoms with van der Waals surface area (Å²) in [6, 6.07) is 7.53. The Kier molecular flexibility index (Phi) is 5.00. The number of benzene rings is 1. The lowest BCUT2D eigenvalue weighted by atomic mass is 9.70. The normalized spacial score (nSPS) is 18.2. The van der Waals surface area contributed by atoms with E-state index in [0.29, 0.717) is 30.2 Å². The van der Waals surface area contributed by atoms with Gasteiger partial charge in [-0.15, -0.1) is 0 Å². The maximum atomic E-state index is 12.2. The third-order valence-corrected chi connectivity index (χ3v) is 4.49. The van der Waals surface area contributed by atoms with Crippen LogP contribution in [0.5, 0.6) is 0 Å². The molecule has 1 aromatic carbocycles. The average molecular weight is 280 g/mol. The van der Waals surface area contributed by atoms with Gasteiger partial charge < -0.3 is 5.73 Å². The van der Waals surface area contributed by atoms with Crippen LogP contribution in [0, 0.1) is 5.41 Å². The molecule has 0 bridgehead atoms. The van der Waals surface area contributed by atoms with Gasteiger partial charge in [0.25, 0.3) is 0 Å². The molecule has 104 valence electrons. The molecule has 3 heteroatoms. The monoisotopic (exact) mass is 279 g/mol. The lowest BCUT2D eigenvalue weighted by Crippen LogP contribution is -2.35. The third-order valence-electron chi connectivity index (χ3n) is 4.23. The number of carbonyl (C=O) groups excluding carboxylic acids is 1. The van der Waals surface area contributed by atoms with Crippen molar-refractivity contribution in [3.8, 4) is 0 Å². The maximum absolute atomic E-state index is 12.2. The summed E-state index contributed by atoms with van der Waals surface area (Å²) in [5.74, 6) is 0.301. The van der Waals surface area contributed by atoms with Crippen LogP contribution in [-0.4, -0.2) is 12.3 Å². The molecule has 19 heavy (non-hydrogen) atoms. The molecule has 0 aromatic heterocycles. The molecule has 0 saturated heterocycles. The summed E-state index contributed by atoms with van der Waals surface area (Å²) in [5, 5.41) is 0.710. The van der Waals surface area contributed by atoms with Gasteiger partial charge in [-0.05, 0) is 42.5 Å². The summed E-state index contributed by atoms with van der Waals surface area (Å²) >= 11 is 5.85. The maximum Gasteiger partial charge on any atom is 0.137 e. The predicted molar refractivity (Wildman–Crippen MR) is 79.4 cm³/mol. The number of ketones is 1. The number of nitrogens with two attached hydrogens (primary N) is 1. The van der Waals surface area contributed by atoms with E-state index in [0.717, 1.165) is 18.4 Å². The Morgan fingerprint density at radius 2 is 1.79 bits per heavy atom. The first-order valence-electron chi connectivity index (χ1n) is 7.10. The van der Waals surface area contributed by atoms with Crippen molar-refractivity contribution in [2.45, 2.75) is 44.9 Å². The second-order valence-electron chi connectivity index (χ2n) is 5.78. The van der Waals surface area contributed by atoms with Crippen LogP contribution in [-0.2, 0) is 11.2 Å². The van der Waals surface area contributed by atoms with Crippen molar-refractivity contribution >= 4 is 17.4 Å². The first kappa shape index (κ1) is 14.5. The average Bonchev–Trinajstić information content (AvgIpc) is 2.42. The Hall–Kier alpha value is -0.860. The van der Waals surface area contributed by atoms with E-state index in [1.54, 1.807) is 0 Å². The van der Waals surface area contributed by atoms with Crippen molar-refractivity contribution in [3.05, 3.63) is 34.9 Å². The fourth-order valence-electron chi connectivity index (χ4n) is 3.07. The number of carbonyl (C=O) groups is 1. The third kappa shape index (κ3) is 4.05. The summed E-state index contributed by atoms with van der Waals surface area (Å²) in [7, 11) is 0. The molecule has 1 saturated carbocycles. The van der Waals surface area contributed by atoms with Gasteiger partial charge >= 0.3 is 0 Å². The molecule has 0 radical (unpaired) electrons. The van der Waals surface area contributed by atoms with Crippen molar-refractivity contribution in [1.29, 1.82) is 0 Å². The molecule has 1 aliphatic rings. The second-order valence-corrected chi connectivity index (χ2v) is 6.22. The van der Waals surface area contributed by atoms with Crippen molar-refractivity contribution in [3.63, 3.8) is 0 Å². The molecule has 0 atom stereocenters. The fraction of sp³-hybridized carbons (Fsp3) is 0.562. The summed E-state index contributed by atoms with van der Waals surface area (Å²) in [6.07, 6.45) is 7.06. The van der Waals surface area contributed by atoms with E-state index in [1.165, 1.54) is 19.3 Å². The summed E-state index contributed by atoms with van der Waals surface area (Å²) in [4.78, 5) is 12.2. The molecular weight excluding hydrogens is 258 g/mol. The van der Waals surface area contributed by atoms with Crippen LogP contribution in [0.1, 0.15) is 44.1 Å². The largest absolute Gasteiger partial charge is 0.330 e. The van der Waals surface area contributed by atoms with Gasteiger partial charge in [0.05, 0.1) is 0 Å². The summed E-state index contributed by atoms with van der Waals surface area (Å²) in [6.45, 7) is 0.638. The molecule has 1 aliphatic carbocycles. The van der Waals surface area contributed by atoms with Crippen LogP contribution in [0.2, 0.25) is 5.02 Å². The van der Waals surface area contributed by atoms with Gasteiger partial charge in [-0.1, -0.05) is 43.0 Å². The van der Waals surface area contributed by atoms with E-state index in [4.69, 9.17) is 17.3 Å². The van der Waals surface area contributed by atoms with E-state index in [1.807, 2.05) is 24.3 Å². The number of hydrogen-bond donors (Lipinski definition) is 1. The topological polar surface area (TPSA) is 43.1 Å². The van der Waals surface area contributed by atoms with Gasteiger partial charge in [0.2, 0.25) is 0 Å². The fourth-order valence-corrected chi connectivity index (χ4v) is 3.19. The van der Waals surface area contributed by atoms with Crippen molar-refractivity contribution < 1.29 is 4.79 Å². The number of halogens is 1. The minimum absolute atomic E-state index is 0.0712. The lowest BCUT2D eigenvalue weighted by molar-refractivity contribution is -0.121. The summed E-state index contributed by atoms with van der Waals surface area (Å²) in [5.41, 5.74) is 7.04. The van der Waals surface area contributed by atoms with Gasteiger partial charge in [-0.3, -0.25) is 4.79 Å². The van der Waals surface area contributed by atoms with Crippen LogP contribution >= 0.6 is 11.6 Å². The molecule has 2 nitrogen and oxygen atoms in total. The second kappa shape index (κ2) is 6.53. The zero-order valence-corrected chi connectivity index (χ0v) is 12.1. The molecule has 1 fully saturated rings. The quantitative estimate of drug-likeness (QED) is 0.892. The zero-order chi connectivity index (χ0) is 13.7. The standard InChI is InChI=1S/C16H22ClNO/c17-14-6-4-13(5-7-14)10-15(19)11-16(12-18)8-2-1-3-9-16/h4-7H,1-3,8-12,18H2. The molecule has 2 N–H and O–H groups in total. The number of rotatable bonds is 5. The number of hydrogen-bond acceptors (Lipinski definition) is 2. The lowest BCUT2D eigenvalue weighted by Gasteiger charge is -2.35. The highest BCUT2D eigenvalue weighted by Gasteiger charge is 2.32. The van der Waals surface area contributed by atoms with E-state index >= 15 is 0 Å². The van der Waals surface area contributed by atoms with Crippen molar-refractivity contribution in [2.24, 2.45) is 11.1 Å². The zero-order valence-electron chi connectivity index (χ0n) is 11.3. The Morgan fingerprint density at radius 3 is 2.37 bits per heavy atom. The van der Waals surface area contributed by atoms with Gasteiger partial charge in [-0.2, -0.15) is 0 Å². The van der Waals surface area contributed by atoms with Crippen LogP contribution in [0.4, 0.5) is 0 Å². The molecule has 0 amide bonds. The van der Waals surface area contributed by atoms with Crippen molar-refractivity contribution in [2.75, 3.05) is 6.54 Å². The Bertz CT molecular complexity index is 421. The van der Waals surface area contributed by atoms with E-state index in [-0.39, 0.29) is 5.41 Å². The van der Waals surface area contributed by atoms with Crippen molar-refractivity contribution in [1.82, 2.24) is 0 Å². The Balaban J connectivity index is 1.94. The smallest absolute Gasteiger partial charge is 0.137 e. The highest BCUT2D eigenvalue weighted by molar-refractivity contribution is 6.30. The van der Waals surface area contributed by atoms with Gasteiger partial charge in [0.15, 0.2) is 0 Å². The van der Waals surface area contributed by atoms with E-state index in [9.17, 15) is 4.79 Å². The SMILES string of the molecule is NCC1(CC(=O)Cc2ccc(Cl)cc2)CCCCC1. The first-order chi connectivity index (χ1) is 9.13. The first-order valence-corrected chi connectivity index (χ1v) is 7.48. The van der Waals surface area contributed by atoms with Crippen LogP contribution in [0.25, 0.3) is 0 Å². The molecule has 1 aromatic rings. The van der Waals surface area contributed by atoms with E-state index in [2.05, 4.69) is 0 Å². The Morgan fingerprint density at radius 1 is 1.16 bits per heavy atom. The van der Waals surface area contributed by atoms with Gasteiger partial charge in [0.1, 0.15) is 5.78 Å². The predicted octanol–water partition coefficient (Wildman–Crippen LogP) is 3.75. The van der Waals surface area contributed by atoms with Crippen LogP contribution in [0.3, 0.4) is 0 Å². The highest BCUT2D eigenvalue weighted by atomic mass is 35.5. The van der Waals surface area contributed by atoms with Crippen LogP contribution in [0.15, 0.2) is 24.3 Å². The molecule has 0 aliphatic heterocycles. The minimum atomic E-state index is 0.0712. The molecule has 0 spiro atoms. The molecule has 0 heterocycles. The minimum Gasteiger partial charge on any atom is -0.330 e. The highest BCUT2D eigenvalue weighted by Crippen LogP contribution is 2.38. The van der Waals surface area contributed by atoms with E-state index < -0.39 is 0 Å². The molecule has 0 unspecified atom stereocenters. The van der Waals surface area contributed by atoms with Crippen LogP contribution < -0.4 is 5.73 Å². The van der Waals surface area contributed by atoms with Gasteiger partial charge in [-0.25, -0.2) is 0 Å². The molecular formula is C16H22ClNO.